The third-order valence-electron chi connectivity index (χ3n) is 5.75. The van der Waals surface area contributed by atoms with Crippen LogP contribution in [-0.2, 0) is 0 Å². The fraction of sp³-hybridized carbons (Fsp3) is 0.316. The molecule has 1 saturated carbocycles. The number of ether oxygens (including phenoxy) is 1. The molecule has 2 aromatic heterocycles. The van der Waals surface area contributed by atoms with Crippen LogP contribution in [0.15, 0.2) is 24.7 Å². The number of aromatic amines is 1. The minimum atomic E-state index is -0.373. The molecular weight excluding hydrogens is 380 g/mol. The van der Waals surface area contributed by atoms with Gasteiger partial charge in [0.15, 0.2) is 5.75 Å². The number of carbonyl (C=O) groups excluding carboxylic acids is 1. The molecule has 1 spiro atoms. The van der Waals surface area contributed by atoms with Crippen LogP contribution < -0.4 is 20.3 Å². The fourth-order valence-corrected chi connectivity index (χ4v) is 4.38. The Morgan fingerprint density at radius 1 is 1.36 bits per heavy atom. The predicted octanol–water partition coefficient (Wildman–Crippen LogP) is 3.42. The van der Waals surface area contributed by atoms with Gasteiger partial charge < -0.3 is 25.3 Å². The quantitative estimate of drug-likeness (QED) is 0.625. The Kier molecular flexibility index (Phi) is 3.67. The van der Waals surface area contributed by atoms with Crippen LogP contribution in [0.3, 0.4) is 0 Å². The molecule has 28 heavy (non-hydrogen) atoms. The maximum atomic E-state index is 12.8. The van der Waals surface area contributed by atoms with Crippen LogP contribution >= 0.6 is 11.6 Å². The van der Waals surface area contributed by atoms with Crippen molar-refractivity contribution in [3.63, 3.8) is 0 Å². The number of halogens is 1. The SMILES string of the molecule is COc1c(Nc2ncnc3[nH]ccc23)cc(Cl)c2c1N(C)C1(CCC1)NC2=O. The van der Waals surface area contributed by atoms with Crippen molar-refractivity contribution < 1.29 is 9.53 Å². The Labute approximate surface area is 166 Å². The molecule has 0 saturated heterocycles. The van der Waals surface area contributed by atoms with E-state index in [1.165, 1.54) is 6.33 Å². The number of rotatable bonds is 3. The van der Waals surface area contributed by atoms with Crippen molar-refractivity contribution >= 4 is 45.7 Å². The van der Waals surface area contributed by atoms with Crippen LogP contribution in [0.4, 0.5) is 17.2 Å². The number of fused-ring (bicyclic) bond motifs is 2. The van der Waals surface area contributed by atoms with Gasteiger partial charge in [-0.05, 0) is 31.4 Å². The van der Waals surface area contributed by atoms with Crippen LogP contribution in [0.1, 0.15) is 29.6 Å². The van der Waals surface area contributed by atoms with Crippen molar-refractivity contribution in [2.24, 2.45) is 0 Å². The van der Waals surface area contributed by atoms with Crippen molar-refractivity contribution in [2.75, 3.05) is 24.4 Å². The Morgan fingerprint density at radius 3 is 2.89 bits per heavy atom. The summed E-state index contributed by atoms with van der Waals surface area (Å²) in [6.45, 7) is 0. The number of benzene rings is 1. The van der Waals surface area contributed by atoms with Gasteiger partial charge in [-0.2, -0.15) is 0 Å². The maximum Gasteiger partial charge on any atom is 0.256 e. The molecule has 2 aliphatic rings. The number of hydrogen-bond donors (Lipinski definition) is 3. The number of methoxy groups -OCH3 is 1. The summed E-state index contributed by atoms with van der Waals surface area (Å²) in [5.41, 5.74) is 2.12. The van der Waals surface area contributed by atoms with Crippen molar-refractivity contribution in [2.45, 2.75) is 24.9 Å². The van der Waals surface area contributed by atoms with E-state index in [0.717, 1.165) is 30.3 Å². The van der Waals surface area contributed by atoms with Gasteiger partial charge in [-0.25, -0.2) is 9.97 Å². The molecule has 0 radical (unpaired) electrons. The third-order valence-corrected chi connectivity index (χ3v) is 6.05. The summed E-state index contributed by atoms with van der Waals surface area (Å²) in [4.78, 5) is 26.5. The van der Waals surface area contributed by atoms with E-state index >= 15 is 0 Å². The molecule has 0 bridgehead atoms. The van der Waals surface area contributed by atoms with Gasteiger partial charge in [-0.3, -0.25) is 4.79 Å². The number of carbonyl (C=O) groups is 1. The highest BCUT2D eigenvalue weighted by molar-refractivity contribution is 6.35. The second-order valence-electron chi connectivity index (χ2n) is 7.15. The first-order chi connectivity index (χ1) is 13.5. The molecule has 1 aliphatic heterocycles. The summed E-state index contributed by atoms with van der Waals surface area (Å²) < 4.78 is 5.75. The van der Waals surface area contributed by atoms with Gasteiger partial charge in [0.05, 0.1) is 34.5 Å². The number of amides is 1. The molecular formula is C19H19ClN6O2. The van der Waals surface area contributed by atoms with Crippen LogP contribution in [0.25, 0.3) is 11.0 Å². The van der Waals surface area contributed by atoms with E-state index in [9.17, 15) is 4.79 Å². The van der Waals surface area contributed by atoms with E-state index in [0.29, 0.717) is 33.5 Å². The van der Waals surface area contributed by atoms with E-state index in [4.69, 9.17) is 16.3 Å². The van der Waals surface area contributed by atoms with Crippen molar-refractivity contribution in [3.8, 4) is 5.75 Å². The molecule has 8 nitrogen and oxygen atoms in total. The lowest BCUT2D eigenvalue weighted by molar-refractivity contribution is 0.0801. The molecule has 3 aromatic rings. The van der Waals surface area contributed by atoms with Crippen molar-refractivity contribution in [1.82, 2.24) is 20.3 Å². The normalized spacial score (nSPS) is 17.2. The topological polar surface area (TPSA) is 95.2 Å². The number of aromatic nitrogens is 3. The third kappa shape index (κ3) is 2.27. The molecule has 5 rings (SSSR count). The smallest absolute Gasteiger partial charge is 0.256 e. The van der Waals surface area contributed by atoms with Gasteiger partial charge in [0.25, 0.3) is 5.91 Å². The Bertz CT molecular complexity index is 1110. The predicted molar refractivity (Wildman–Crippen MR) is 108 cm³/mol. The minimum absolute atomic E-state index is 0.169. The Morgan fingerprint density at radius 2 is 2.18 bits per heavy atom. The second kappa shape index (κ2) is 6.00. The van der Waals surface area contributed by atoms with E-state index in [2.05, 4.69) is 30.5 Å². The monoisotopic (exact) mass is 398 g/mol. The van der Waals surface area contributed by atoms with E-state index in [1.807, 2.05) is 13.1 Å². The van der Waals surface area contributed by atoms with E-state index < -0.39 is 0 Å². The molecule has 0 atom stereocenters. The minimum Gasteiger partial charge on any atom is -0.492 e. The van der Waals surface area contributed by atoms with Crippen LogP contribution in [0.5, 0.6) is 5.75 Å². The van der Waals surface area contributed by atoms with Gasteiger partial charge in [-0.15, -0.1) is 0 Å². The summed E-state index contributed by atoms with van der Waals surface area (Å²) >= 11 is 6.53. The second-order valence-corrected chi connectivity index (χ2v) is 7.56. The summed E-state index contributed by atoms with van der Waals surface area (Å²) in [5.74, 6) is 1.02. The lowest BCUT2D eigenvalue weighted by Crippen LogP contribution is -2.66. The summed E-state index contributed by atoms with van der Waals surface area (Å²) in [7, 11) is 3.56. The zero-order chi connectivity index (χ0) is 19.5. The molecule has 1 amide bonds. The zero-order valence-electron chi connectivity index (χ0n) is 15.5. The summed E-state index contributed by atoms with van der Waals surface area (Å²) in [6, 6.07) is 3.60. The number of nitrogens with one attached hydrogen (secondary N) is 3. The largest absolute Gasteiger partial charge is 0.492 e. The Balaban J connectivity index is 1.67. The lowest BCUT2D eigenvalue weighted by Gasteiger charge is -2.53. The molecule has 0 unspecified atom stereocenters. The zero-order valence-corrected chi connectivity index (χ0v) is 16.2. The number of anilines is 3. The number of H-pyrrole nitrogens is 1. The number of nitrogens with zero attached hydrogens (tertiary/aromatic N) is 3. The first kappa shape index (κ1) is 17.1. The maximum absolute atomic E-state index is 12.8. The Hall–Kier alpha value is -3.00. The first-order valence-electron chi connectivity index (χ1n) is 9.06. The molecule has 144 valence electrons. The van der Waals surface area contributed by atoms with Crippen LogP contribution in [0.2, 0.25) is 5.02 Å². The molecule has 1 aromatic carbocycles. The average Bonchev–Trinajstić information content (AvgIpc) is 3.12. The van der Waals surface area contributed by atoms with E-state index in [1.54, 1.807) is 19.4 Å². The molecule has 1 aliphatic carbocycles. The molecule has 1 fully saturated rings. The number of hydrogen-bond acceptors (Lipinski definition) is 6. The highest BCUT2D eigenvalue weighted by Gasteiger charge is 2.48. The fourth-order valence-electron chi connectivity index (χ4n) is 4.10. The van der Waals surface area contributed by atoms with Crippen LogP contribution in [-0.4, -0.2) is 40.7 Å². The van der Waals surface area contributed by atoms with Crippen molar-refractivity contribution in [1.29, 1.82) is 0 Å². The van der Waals surface area contributed by atoms with Gasteiger partial charge in [0.1, 0.15) is 23.5 Å². The summed E-state index contributed by atoms with van der Waals surface area (Å²) in [5, 5.41) is 7.63. The van der Waals surface area contributed by atoms with Crippen molar-refractivity contribution in [3.05, 3.63) is 35.2 Å². The average molecular weight is 399 g/mol. The molecule has 3 heterocycles. The molecule has 3 N–H and O–H groups in total. The van der Waals surface area contributed by atoms with Gasteiger partial charge in [0.2, 0.25) is 0 Å². The standard InChI is InChI=1S/C19H19ClN6O2/c1-26-14-13(18(27)25-19(26)5-3-6-19)11(20)8-12(15(14)28-2)24-17-10-4-7-21-16(10)22-9-23-17/h4,7-9H,3,5-6H2,1-2H3,(H,25,27)(H2,21,22,23,24). The van der Waals surface area contributed by atoms with Crippen LogP contribution in [0, 0.1) is 0 Å². The highest BCUT2D eigenvalue weighted by atomic mass is 35.5. The first-order valence-corrected chi connectivity index (χ1v) is 9.44. The van der Waals surface area contributed by atoms with E-state index in [-0.39, 0.29) is 11.6 Å². The summed E-state index contributed by atoms with van der Waals surface area (Å²) in [6.07, 6.45) is 6.14. The van der Waals surface area contributed by atoms with Gasteiger partial charge in [0, 0.05) is 13.2 Å². The van der Waals surface area contributed by atoms with Gasteiger partial charge in [-0.1, -0.05) is 11.6 Å². The molecule has 9 heteroatoms. The lowest BCUT2D eigenvalue weighted by atomic mass is 9.80. The highest BCUT2D eigenvalue weighted by Crippen LogP contribution is 2.50. The van der Waals surface area contributed by atoms with Gasteiger partial charge >= 0.3 is 0 Å².